The summed E-state index contributed by atoms with van der Waals surface area (Å²) in [6, 6.07) is 6.99. The summed E-state index contributed by atoms with van der Waals surface area (Å²) in [6.07, 6.45) is 2.29. The van der Waals surface area contributed by atoms with Crippen molar-refractivity contribution < 1.29 is 14.3 Å². The third-order valence-electron chi connectivity index (χ3n) is 2.74. The Balaban J connectivity index is 2.13. The predicted molar refractivity (Wildman–Crippen MR) is 71.4 cm³/mol. The van der Waals surface area contributed by atoms with Crippen molar-refractivity contribution in [2.24, 2.45) is 0 Å². The van der Waals surface area contributed by atoms with E-state index in [2.05, 4.69) is 10.3 Å². The minimum atomic E-state index is -0.986. The molecule has 100 valence electrons. The second-order valence-corrected chi connectivity index (χ2v) is 4.48. The summed E-state index contributed by atoms with van der Waals surface area (Å²) in [5, 5.41) is 12.2. The number of pyridine rings is 1. The fourth-order valence-corrected chi connectivity index (χ4v) is 1.85. The SMILES string of the molecule is Cc1ccc(C(=O)O)c(NC(C)Cc2ccco2)n1. The average molecular weight is 260 g/mol. The number of aromatic carboxylic acids is 1. The highest BCUT2D eigenvalue weighted by Crippen LogP contribution is 2.16. The van der Waals surface area contributed by atoms with Crippen LogP contribution < -0.4 is 5.32 Å². The van der Waals surface area contributed by atoms with Crippen LogP contribution in [-0.2, 0) is 6.42 Å². The zero-order valence-electron chi connectivity index (χ0n) is 10.9. The molecule has 0 aromatic carbocycles. The first-order valence-corrected chi connectivity index (χ1v) is 6.06. The summed E-state index contributed by atoms with van der Waals surface area (Å²) in [7, 11) is 0. The molecule has 0 amide bonds. The first kappa shape index (κ1) is 13.1. The van der Waals surface area contributed by atoms with Crippen LogP contribution in [-0.4, -0.2) is 22.1 Å². The van der Waals surface area contributed by atoms with E-state index in [4.69, 9.17) is 9.52 Å². The van der Waals surface area contributed by atoms with Gasteiger partial charge < -0.3 is 14.8 Å². The lowest BCUT2D eigenvalue weighted by Crippen LogP contribution is -2.21. The van der Waals surface area contributed by atoms with Gasteiger partial charge in [-0.3, -0.25) is 0 Å². The van der Waals surface area contributed by atoms with Gasteiger partial charge in [0.05, 0.1) is 6.26 Å². The second-order valence-electron chi connectivity index (χ2n) is 4.48. The number of furan rings is 1. The van der Waals surface area contributed by atoms with Gasteiger partial charge in [-0.1, -0.05) is 0 Å². The highest BCUT2D eigenvalue weighted by atomic mass is 16.4. The molecule has 0 radical (unpaired) electrons. The fraction of sp³-hybridized carbons (Fsp3) is 0.286. The molecule has 0 aliphatic carbocycles. The standard InChI is InChI=1S/C14H16N2O3/c1-9-5-6-12(14(17)18)13(15-9)16-10(2)8-11-4-3-7-19-11/h3-7,10H,8H2,1-2H3,(H,15,16)(H,17,18). The molecule has 19 heavy (non-hydrogen) atoms. The van der Waals surface area contributed by atoms with Crippen LogP contribution in [0.3, 0.4) is 0 Å². The van der Waals surface area contributed by atoms with Crippen molar-refractivity contribution in [3.8, 4) is 0 Å². The topological polar surface area (TPSA) is 75.4 Å². The molecule has 5 heteroatoms. The van der Waals surface area contributed by atoms with Crippen LogP contribution in [0, 0.1) is 6.92 Å². The van der Waals surface area contributed by atoms with E-state index in [1.165, 1.54) is 0 Å². The molecule has 0 aliphatic rings. The quantitative estimate of drug-likeness (QED) is 0.864. The Bertz CT molecular complexity index is 564. The number of hydrogen-bond acceptors (Lipinski definition) is 4. The van der Waals surface area contributed by atoms with E-state index >= 15 is 0 Å². The molecule has 2 aromatic rings. The van der Waals surface area contributed by atoms with E-state index in [0.717, 1.165) is 11.5 Å². The Kier molecular flexibility index (Phi) is 3.85. The summed E-state index contributed by atoms with van der Waals surface area (Å²) in [6.45, 7) is 3.78. The van der Waals surface area contributed by atoms with Gasteiger partial charge in [-0.25, -0.2) is 9.78 Å². The molecular formula is C14H16N2O3. The first-order valence-electron chi connectivity index (χ1n) is 6.06. The van der Waals surface area contributed by atoms with Gasteiger partial charge in [-0.05, 0) is 38.1 Å². The maximum absolute atomic E-state index is 11.1. The Morgan fingerprint density at radius 1 is 1.47 bits per heavy atom. The van der Waals surface area contributed by atoms with E-state index in [0.29, 0.717) is 12.2 Å². The molecule has 0 spiro atoms. The number of nitrogens with one attached hydrogen (secondary N) is 1. The van der Waals surface area contributed by atoms with E-state index in [1.807, 2.05) is 26.0 Å². The van der Waals surface area contributed by atoms with Crippen molar-refractivity contribution in [1.29, 1.82) is 0 Å². The van der Waals surface area contributed by atoms with Crippen molar-refractivity contribution in [2.75, 3.05) is 5.32 Å². The van der Waals surface area contributed by atoms with Crippen molar-refractivity contribution >= 4 is 11.8 Å². The molecule has 2 aromatic heterocycles. The third kappa shape index (κ3) is 3.34. The second kappa shape index (κ2) is 5.56. The molecule has 0 aliphatic heterocycles. The maximum Gasteiger partial charge on any atom is 0.339 e. The Morgan fingerprint density at radius 2 is 2.26 bits per heavy atom. The lowest BCUT2D eigenvalue weighted by atomic mass is 10.1. The van der Waals surface area contributed by atoms with Gasteiger partial charge in [0.2, 0.25) is 0 Å². The zero-order chi connectivity index (χ0) is 13.8. The molecular weight excluding hydrogens is 244 g/mol. The van der Waals surface area contributed by atoms with Crippen molar-refractivity contribution in [3.63, 3.8) is 0 Å². The number of aryl methyl sites for hydroxylation is 1. The van der Waals surface area contributed by atoms with E-state index in [-0.39, 0.29) is 11.6 Å². The first-order chi connectivity index (χ1) is 9.06. The van der Waals surface area contributed by atoms with Crippen molar-refractivity contribution in [1.82, 2.24) is 4.98 Å². The normalized spacial score (nSPS) is 12.1. The average Bonchev–Trinajstić information content (AvgIpc) is 2.81. The molecule has 0 bridgehead atoms. The number of carboxylic acids is 1. The smallest absolute Gasteiger partial charge is 0.339 e. The van der Waals surface area contributed by atoms with Crippen LogP contribution in [0.25, 0.3) is 0 Å². The molecule has 0 saturated heterocycles. The number of carboxylic acid groups (broad SMARTS) is 1. The van der Waals surface area contributed by atoms with Crippen LogP contribution in [0.5, 0.6) is 0 Å². The highest BCUT2D eigenvalue weighted by molar-refractivity contribution is 5.93. The summed E-state index contributed by atoms with van der Waals surface area (Å²) in [4.78, 5) is 15.4. The highest BCUT2D eigenvalue weighted by Gasteiger charge is 2.14. The number of rotatable bonds is 5. The lowest BCUT2D eigenvalue weighted by molar-refractivity contribution is 0.0697. The molecule has 0 saturated carbocycles. The maximum atomic E-state index is 11.1. The van der Waals surface area contributed by atoms with Crippen LogP contribution in [0.4, 0.5) is 5.82 Å². The van der Waals surface area contributed by atoms with E-state index < -0.39 is 5.97 Å². The van der Waals surface area contributed by atoms with Gasteiger partial charge in [-0.15, -0.1) is 0 Å². The molecule has 5 nitrogen and oxygen atoms in total. The predicted octanol–water partition coefficient (Wildman–Crippen LogP) is 2.72. The summed E-state index contributed by atoms with van der Waals surface area (Å²) >= 11 is 0. The van der Waals surface area contributed by atoms with Crippen LogP contribution in [0.1, 0.15) is 28.7 Å². The van der Waals surface area contributed by atoms with Crippen LogP contribution in [0.15, 0.2) is 34.9 Å². The minimum Gasteiger partial charge on any atom is -0.478 e. The van der Waals surface area contributed by atoms with Gasteiger partial charge in [0.15, 0.2) is 0 Å². The summed E-state index contributed by atoms with van der Waals surface area (Å²) in [5.74, 6) is 0.260. The van der Waals surface area contributed by atoms with Crippen molar-refractivity contribution in [2.45, 2.75) is 26.3 Å². The molecule has 0 fully saturated rings. The molecule has 2 heterocycles. The largest absolute Gasteiger partial charge is 0.478 e. The molecule has 1 unspecified atom stereocenters. The van der Waals surface area contributed by atoms with Gasteiger partial charge in [0.25, 0.3) is 0 Å². The minimum absolute atomic E-state index is 0.0264. The monoisotopic (exact) mass is 260 g/mol. The summed E-state index contributed by atoms with van der Waals surface area (Å²) in [5.41, 5.74) is 0.953. The van der Waals surface area contributed by atoms with Crippen molar-refractivity contribution in [3.05, 3.63) is 47.5 Å². The molecule has 2 rings (SSSR count). The zero-order valence-corrected chi connectivity index (χ0v) is 10.9. The Labute approximate surface area is 111 Å². The summed E-state index contributed by atoms with van der Waals surface area (Å²) < 4.78 is 5.27. The number of anilines is 1. The van der Waals surface area contributed by atoms with Gasteiger partial charge in [-0.2, -0.15) is 0 Å². The third-order valence-corrected chi connectivity index (χ3v) is 2.74. The molecule has 1 atom stereocenters. The fourth-order valence-electron chi connectivity index (χ4n) is 1.85. The van der Waals surface area contributed by atoms with E-state index in [1.54, 1.807) is 18.4 Å². The number of carbonyl (C=O) groups is 1. The van der Waals surface area contributed by atoms with Gasteiger partial charge in [0.1, 0.15) is 17.1 Å². The van der Waals surface area contributed by atoms with E-state index in [9.17, 15) is 4.79 Å². The Hall–Kier alpha value is -2.30. The van der Waals surface area contributed by atoms with Crippen LogP contribution >= 0.6 is 0 Å². The molecule has 2 N–H and O–H groups in total. The van der Waals surface area contributed by atoms with Gasteiger partial charge in [0, 0.05) is 18.2 Å². The lowest BCUT2D eigenvalue weighted by Gasteiger charge is -2.15. The Morgan fingerprint density at radius 3 is 2.89 bits per heavy atom. The number of aromatic nitrogens is 1. The number of nitrogens with zero attached hydrogens (tertiary/aromatic N) is 1. The van der Waals surface area contributed by atoms with Gasteiger partial charge >= 0.3 is 5.97 Å². The van der Waals surface area contributed by atoms with Crippen LogP contribution in [0.2, 0.25) is 0 Å². The number of hydrogen-bond donors (Lipinski definition) is 2.